The van der Waals surface area contributed by atoms with Gasteiger partial charge in [0.15, 0.2) is 0 Å². The van der Waals surface area contributed by atoms with Crippen LogP contribution in [0.25, 0.3) is 0 Å². The van der Waals surface area contributed by atoms with Crippen molar-refractivity contribution in [3.05, 3.63) is 58.8 Å². The van der Waals surface area contributed by atoms with Gasteiger partial charge in [0, 0.05) is 17.6 Å². The number of hydrogen-bond acceptors (Lipinski definition) is 4. The molecule has 1 aliphatic heterocycles. The van der Waals surface area contributed by atoms with Crippen molar-refractivity contribution in [1.82, 2.24) is 4.31 Å². The van der Waals surface area contributed by atoms with Crippen LogP contribution >= 0.6 is 15.9 Å². The maximum Gasteiger partial charge on any atom is 0.314 e. The molecule has 5 nitrogen and oxygen atoms in total. The fourth-order valence-electron chi connectivity index (χ4n) is 2.79. The minimum absolute atomic E-state index is 0.0507. The zero-order chi connectivity index (χ0) is 18.7. The molecule has 26 heavy (non-hydrogen) atoms. The van der Waals surface area contributed by atoms with E-state index in [9.17, 15) is 17.6 Å². The summed E-state index contributed by atoms with van der Waals surface area (Å²) in [6, 6.07) is 11.7. The van der Waals surface area contributed by atoms with E-state index in [1.165, 1.54) is 16.4 Å². The van der Waals surface area contributed by atoms with Gasteiger partial charge < -0.3 is 4.74 Å². The monoisotopic (exact) mass is 441 g/mol. The van der Waals surface area contributed by atoms with Gasteiger partial charge in [-0.2, -0.15) is 4.31 Å². The van der Waals surface area contributed by atoms with Gasteiger partial charge in [0.2, 0.25) is 10.0 Å². The third kappa shape index (κ3) is 4.31. The van der Waals surface area contributed by atoms with Gasteiger partial charge in [0.25, 0.3) is 0 Å². The summed E-state index contributed by atoms with van der Waals surface area (Å²) in [5.41, 5.74) is 0. The normalized spacial score (nSPS) is 16.4. The Morgan fingerprint density at radius 3 is 2.19 bits per heavy atom. The number of sulfonamides is 1. The second-order valence-electron chi connectivity index (χ2n) is 6.01. The molecule has 0 aliphatic carbocycles. The predicted octanol–water partition coefficient (Wildman–Crippen LogP) is 3.59. The number of carbonyl (C=O) groups is 1. The number of rotatable bonds is 4. The molecular weight excluding hydrogens is 425 g/mol. The predicted molar refractivity (Wildman–Crippen MR) is 97.7 cm³/mol. The summed E-state index contributed by atoms with van der Waals surface area (Å²) >= 11 is 3.31. The number of carbonyl (C=O) groups excluding carboxylic acids is 1. The standard InChI is InChI=1S/C18H17BrFNO4S/c19-14-1-5-16(6-2-14)25-18(22)13-9-11-21(12-10-13)26(23,24)17-7-3-15(20)4-8-17/h1-8,13H,9-12H2. The lowest BCUT2D eigenvalue weighted by Crippen LogP contribution is -2.41. The smallest absolute Gasteiger partial charge is 0.314 e. The van der Waals surface area contributed by atoms with E-state index in [0.717, 1.165) is 16.6 Å². The van der Waals surface area contributed by atoms with Gasteiger partial charge in [-0.15, -0.1) is 0 Å². The van der Waals surface area contributed by atoms with Crippen molar-refractivity contribution in [2.24, 2.45) is 5.92 Å². The van der Waals surface area contributed by atoms with E-state index in [4.69, 9.17) is 4.74 Å². The average Bonchev–Trinajstić information content (AvgIpc) is 2.64. The molecule has 1 saturated heterocycles. The van der Waals surface area contributed by atoms with Gasteiger partial charge in [-0.3, -0.25) is 4.79 Å². The molecule has 8 heteroatoms. The lowest BCUT2D eigenvalue weighted by molar-refractivity contribution is -0.140. The molecule has 0 spiro atoms. The quantitative estimate of drug-likeness (QED) is 0.537. The molecule has 1 heterocycles. The largest absolute Gasteiger partial charge is 0.426 e. The third-order valence-corrected chi connectivity index (χ3v) is 6.71. The molecule has 138 valence electrons. The van der Waals surface area contributed by atoms with Crippen LogP contribution in [0.3, 0.4) is 0 Å². The molecule has 0 unspecified atom stereocenters. The van der Waals surface area contributed by atoms with Crippen LogP contribution in [-0.2, 0) is 14.8 Å². The van der Waals surface area contributed by atoms with Gasteiger partial charge >= 0.3 is 5.97 Å². The molecule has 1 fully saturated rings. The van der Waals surface area contributed by atoms with Gasteiger partial charge in [0.05, 0.1) is 10.8 Å². The summed E-state index contributed by atoms with van der Waals surface area (Å²) in [5.74, 6) is -0.734. The summed E-state index contributed by atoms with van der Waals surface area (Å²) in [6.07, 6.45) is 0.769. The highest BCUT2D eigenvalue weighted by atomic mass is 79.9. The topological polar surface area (TPSA) is 63.7 Å². The second-order valence-corrected chi connectivity index (χ2v) is 8.86. The number of halogens is 2. The van der Waals surface area contributed by atoms with Gasteiger partial charge in [-0.1, -0.05) is 15.9 Å². The second kappa shape index (κ2) is 7.85. The zero-order valence-corrected chi connectivity index (χ0v) is 16.2. The Morgan fingerprint density at radius 2 is 1.62 bits per heavy atom. The van der Waals surface area contributed by atoms with Crippen LogP contribution in [0.1, 0.15) is 12.8 Å². The van der Waals surface area contributed by atoms with Crippen molar-refractivity contribution in [3.8, 4) is 5.75 Å². The summed E-state index contributed by atoms with van der Waals surface area (Å²) in [6.45, 7) is 0.444. The average molecular weight is 442 g/mol. The first kappa shape index (κ1) is 19.0. The molecule has 0 atom stereocenters. The van der Waals surface area contributed by atoms with Crippen molar-refractivity contribution in [2.75, 3.05) is 13.1 Å². The summed E-state index contributed by atoms with van der Waals surface area (Å²) in [7, 11) is -3.68. The molecule has 0 aromatic heterocycles. The molecular formula is C18H17BrFNO4S. The van der Waals surface area contributed by atoms with E-state index in [-0.39, 0.29) is 29.9 Å². The molecule has 1 aliphatic rings. The number of benzene rings is 2. The molecule has 2 aromatic carbocycles. The molecule has 3 rings (SSSR count). The summed E-state index contributed by atoms with van der Waals surface area (Å²) in [5, 5.41) is 0. The van der Waals surface area contributed by atoms with E-state index in [2.05, 4.69) is 15.9 Å². The Labute approximate surface area is 160 Å². The minimum Gasteiger partial charge on any atom is -0.426 e. The Morgan fingerprint density at radius 1 is 1.04 bits per heavy atom. The highest BCUT2D eigenvalue weighted by Gasteiger charge is 2.33. The molecule has 0 saturated carbocycles. The van der Waals surface area contributed by atoms with Crippen LogP contribution in [0.4, 0.5) is 4.39 Å². The van der Waals surface area contributed by atoms with Crippen LogP contribution in [0.5, 0.6) is 5.75 Å². The Balaban J connectivity index is 1.60. The van der Waals surface area contributed by atoms with E-state index in [1.807, 2.05) is 0 Å². The molecule has 2 aromatic rings. The highest BCUT2D eigenvalue weighted by Crippen LogP contribution is 2.26. The zero-order valence-electron chi connectivity index (χ0n) is 13.8. The fraction of sp³-hybridized carbons (Fsp3) is 0.278. The number of piperidine rings is 1. The van der Waals surface area contributed by atoms with E-state index >= 15 is 0 Å². The van der Waals surface area contributed by atoms with Crippen molar-refractivity contribution in [2.45, 2.75) is 17.7 Å². The third-order valence-electron chi connectivity index (χ3n) is 4.27. The van der Waals surface area contributed by atoms with Crippen molar-refractivity contribution < 1.29 is 22.3 Å². The van der Waals surface area contributed by atoms with Gasteiger partial charge in [0.1, 0.15) is 11.6 Å². The number of hydrogen-bond donors (Lipinski definition) is 0. The van der Waals surface area contributed by atoms with Gasteiger partial charge in [-0.25, -0.2) is 12.8 Å². The van der Waals surface area contributed by atoms with E-state index < -0.39 is 15.8 Å². The SMILES string of the molecule is O=C(Oc1ccc(Br)cc1)C1CCN(S(=O)(=O)c2ccc(F)cc2)CC1. The maximum atomic E-state index is 13.0. The fourth-order valence-corrected chi connectivity index (χ4v) is 4.52. The Bertz CT molecular complexity index is 876. The first-order chi connectivity index (χ1) is 12.4. The van der Waals surface area contributed by atoms with Crippen LogP contribution in [0.2, 0.25) is 0 Å². The van der Waals surface area contributed by atoms with Crippen LogP contribution < -0.4 is 4.74 Å². The summed E-state index contributed by atoms with van der Waals surface area (Å²) < 4.78 is 45.7. The van der Waals surface area contributed by atoms with Crippen molar-refractivity contribution >= 4 is 31.9 Å². The van der Waals surface area contributed by atoms with Crippen LogP contribution in [-0.4, -0.2) is 31.8 Å². The number of ether oxygens (including phenoxy) is 1. The minimum atomic E-state index is -3.68. The highest BCUT2D eigenvalue weighted by molar-refractivity contribution is 9.10. The summed E-state index contributed by atoms with van der Waals surface area (Å²) in [4.78, 5) is 12.3. The molecule has 0 N–H and O–H groups in total. The van der Waals surface area contributed by atoms with Crippen molar-refractivity contribution in [1.29, 1.82) is 0 Å². The van der Waals surface area contributed by atoms with E-state index in [0.29, 0.717) is 18.6 Å². The Hall–Kier alpha value is -1.77. The lowest BCUT2D eigenvalue weighted by Gasteiger charge is -2.30. The van der Waals surface area contributed by atoms with Crippen LogP contribution in [0.15, 0.2) is 57.9 Å². The lowest BCUT2D eigenvalue weighted by atomic mass is 9.98. The van der Waals surface area contributed by atoms with E-state index in [1.54, 1.807) is 24.3 Å². The van der Waals surface area contributed by atoms with Crippen LogP contribution in [0, 0.1) is 11.7 Å². The Kier molecular flexibility index (Phi) is 5.74. The molecule has 0 radical (unpaired) electrons. The number of esters is 1. The molecule has 0 amide bonds. The first-order valence-electron chi connectivity index (χ1n) is 8.09. The maximum absolute atomic E-state index is 13.0. The first-order valence-corrected chi connectivity index (χ1v) is 10.3. The molecule has 0 bridgehead atoms. The number of nitrogens with zero attached hydrogens (tertiary/aromatic N) is 1. The van der Waals surface area contributed by atoms with Gasteiger partial charge in [-0.05, 0) is 61.4 Å². The van der Waals surface area contributed by atoms with Crippen molar-refractivity contribution in [3.63, 3.8) is 0 Å².